The van der Waals surface area contributed by atoms with E-state index in [1.807, 2.05) is 12.2 Å². The van der Waals surface area contributed by atoms with Crippen LogP contribution in [0.1, 0.15) is 113 Å². The monoisotopic (exact) mass is 578 g/mol. The van der Waals surface area contributed by atoms with Gasteiger partial charge in [-0.25, -0.2) is 4.79 Å². The first-order chi connectivity index (χ1) is 19.2. The molecular weight excluding hydrogens is 520 g/mol. The zero-order valence-corrected chi connectivity index (χ0v) is 27.6. The SMILES string of the molecule is CCOC(=O)C1=C(C=CCC(C)CCCC(C)(C)OC)C(C(=O)OCC)C(CC(C)CCCC(C)(C)OC)CC1=O. The summed E-state index contributed by atoms with van der Waals surface area (Å²) in [6.45, 7) is 16.6. The first-order valence-corrected chi connectivity index (χ1v) is 15.6. The molecule has 0 fully saturated rings. The van der Waals surface area contributed by atoms with Crippen molar-refractivity contribution in [3.05, 3.63) is 23.3 Å². The zero-order chi connectivity index (χ0) is 31.2. The van der Waals surface area contributed by atoms with Crippen LogP contribution in [0.3, 0.4) is 0 Å². The lowest BCUT2D eigenvalue weighted by Crippen LogP contribution is -2.37. The molecule has 0 heterocycles. The molecule has 0 aromatic rings. The molecule has 1 aliphatic carbocycles. The summed E-state index contributed by atoms with van der Waals surface area (Å²) in [7, 11) is 3.47. The summed E-state index contributed by atoms with van der Waals surface area (Å²) >= 11 is 0. The lowest BCUT2D eigenvalue weighted by molar-refractivity contribution is -0.149. The van der Waals surface area contributed by atoms with Gasteiger partial charge in [-0.1, -0.05) is 51.7 Å². The Balaban J connectivity index is 3.22. The van der Waals surface area contributed by atoms with Gasteiger partial charge in [-0.15, -0.1) is 0 Å². The molecule has 4 atom stereocenters. The largest absolute Gasteiger partial charge is 0.466 e. The van der Waals surface area contributed by atoms with E-state index in [0.29, 0.717) is 23.8 Å². The van der Waals surface area contributed by atoms with Crippen molar-refractivity contribution in [2.75, 3.05) is 27.4 Å². The van der Waals surface area contributed by atoms with Crippen LogP contribution >= 0.6 is 0 Å². The number of hydrogen-bond acceptors (Lipinski definition) is 7. The minimum absolute atomic E-state index is 0.00129. The molecule has 1 rings (SSSR count). The van der Waals surface area contributed by atoms with E-state index in [0.717, 1.165) is 44.9 Å². The van der Waals surface area contributed by atoms with Crippen LogP contribution in [0.4, 0.5) is 0 Å². The number of allylic oxidation sites excluding steroid dienone is 2. The van der Waals surface area contributed by atoms with Crippen molar-refractivity contribution >= 4 is 17.7 Å². The summed E-state index contributed by atoms with van der Waals surface area (Å²) in [5.41, 5.74) is 0.126. The first-order valence-electron chi connectivity index (χ1n) is 15.6. The average molecular weight is 579 g/mol. The molecule has 0 aromatic heterocycles. The summed E-state index contributed by atoms with van der Waals surface area (Å²) in [6, 6.07) is 0. The third-order valence-corrected chi connectivity index (χ3v) is 8.44. The van der Waals surface area contributed by atoms with Crippen LogP contribution in [0.2, 0.25) is 0 Å². The normalized spacial score (nSPS) is 19.9. The quantitative estimate of drug-likeness (QED) is 0.116. The molecule has 41 heavy (non-hydrogen) atoms. The van der Waals surface area contributed by atoms with Crippen molar-refractivity contribution in [1.82, 2.24) is 0 Å². The molecule has 0 aliphatic heterocycles. The van der Waals surface area contributed by atoms with Crippen LogP contribution in [0.5, 0.6) is 0 Å². The van der Waals surface area contributed by atoms with Gasteiger partial charge in [0.05, 0.1) is 30.3 Å². The second kappa shape index (κ2) is 17.8. The molecule has 4 unspecified atom stereocenters. The third-order valence-electron chi connectivity index (χ3n) is 8.44. The fraction of sp³-hybridized carbons (Fsp3) is 0.794. The van der Waals surface area contributed by atoms with E-state index in [9.17, 15) is 14.4 Å². The molecule has 0 amide bonds. The Morgan fingerprint density at radius 2 is 1.44 bits per heavy atom. The van der Waals surface area contributed by atoms with Crippen molar-refractivity contribution < 1.29 is 33.3 Å². The second-order valence-corrected chi connectivity index (χ2v) is 13.0. The number of methoxy groups -OCH3 is 2. The fourth-order valence-electron chi connectivity index (χ4n) is 5.56. The van der Waals surface area contributed by atoms with E-state index in [-0.39, 0.29) is 54.1 Å². The fourth-order valence-corrected chi connectivity index (χ4v) is 5.56. The Bertz CT molecular complexity index is 899. The summed E-state index contributed by atoms with van der Waals surface area (Å²) in [6.07, 6.45) is 11.3. The van der Waals surface area contributed by atoms with Gasteiger partial charge in [0, 0.05) is 20.6 Å². The van der Waals surface area contributed by atoms with E-state index < -0.39 is 11.9 Å². The molecule has 0 radical (unpaired) electrons. The lowest BCUT2D eigenvalue weighted by atomic mass is 9.70. The molecule has 0 saturated carbocycles. The Morgan fingerprint density at radius 3 is 1.95 bits per heavy atom. The van der Waals surface area contributed by atoms with Crippen LogP contribution < -0.4 is 0 Å². The summed E-state index contributed by atoms with van der Waals surface area (Å²) in [5, 5.41) is 0. The third kappa shape index (κ3) is 12.8. The van der Waals surface area contributed by atoms with Gasteiger partial charge in [-0.3, -0.25) is 9.59 Å². The highest BCUT2D eigenvalue weighted by Crippen LogP contribution is 2.40. The van der Waals surface area contributed by atoms with E-state index in [2.05, 4.69) is 41.5 Å². The van der Waals surface area contributed by atoms with Crippen LogP contribution in [0.25, 0.3) is 0 Å². The molecule has 1 aliphatic rings. The Hall–Kier alpha value is -1.99. The highest BCUT2D eigenvalue weighted by atomic mass is 16.5. The molecule has 0 bridgehead atoms. The molecule has 7 nitrogen and oxygen atoms in total. The number of ether oxygens (including phenoxy) is 4. The number of carbonyl (C=O) groups is 3. The van der Waals surface area contributed by atoms with Gasteiger partial charge in [-0.2, -0.15) is 0 Å². The number of esters is 2. The lowest BCUT2D eigenvalue weighted by Gasteiger charge is -2.33. The maximum Gasteiger partial charge on any atom is 0.342 e. The van der Waals surface area contributed by atoms with Crippen LogP contribution in [0, 0.1) is 23.7 Å². The van der Waals surface area contributed by atoms with Gasteiger partial charge in [0.1, 0.15) is 5.57 Å². The van der Waals surface area contributed by atoms with Gasteiger partial charge in [0.2, 0.25) is 0 Å². The highest BCUT2D eigenvalue weighted by molar-refractivity contribution is 6.19. The van der Waals surface area contributed by atoms with Crippen molar-refractivity contribution in [2.45, 2.75) is 124 Å². The molecule has 0 saturated heterocycles. The predicted molar refractivity (Wildman–Crippen MR) is 163 cm³/mol. The van der Waals surface area contributed by atoms with Crippen LogP contribution in [-0.2, 0) is 33.3 Å². The minimum Gasteiger partial charge on any atom is -0.466 e. The summed E-state index contributed by atoms with van der Waals surface area (Å²) in [5.74, 6) is -1.52. The number of Topliss-reactive ketones (excluding diaryl/α,β-unsaturated/α-hetero) is 1. The standard InChI is InChI=1S/C34H58O7/c1-11-40-31(36)29-26(22-25(4)18-15-21-34(7,8)39-10)23-28(35)30(32(37)41-12-2)27(29)19-13-16-24(3)17-14-20-33(5,6)38-9/h13,19,24-26,29H,11-12,14-18,20-23H2,1-10H3. The zero-order valence-electron chi connectivity index (χ0n) is 27.6. The van der Waals surface area contributed by atoms with Gasteiger partial charge in [0.15, 0.2) is 5.78 Å². The van der Waals surface area contributed by atoms with Gasteiger partial charge in [0.25, 0.3) is 0 Å². The number of carbonyl (C=O) groups excluding carboxylic acids is 3. The van der Waals surface area contributed by atoms with E-state index in [4.69, 9.17) is 18.9 Å². The molecule has 236 valence electrons. The van der Waals surface area contributed by atoms with E-state index in [1.54, 1.807) is 28.1 Å². The van der Waals surface area contributed by atoms with Gasteiger partial charge >= 0.3 is 11.9 Å². The van der Waals surface area contributed by atoms with Crippen molar-refractivity contribution in [1.29, 1.82) is 0 Å². The number of ketones is 1. The van der Waals surface area contributed by atoms with E-state index >= 15 is 0 Å². The molecule has 0 spiro atoms. The smallest absolute Gasteiger partial charge is 0.342 e. The number of hydrogen-bond donors (Lipinski definition) is 0. The summed E-state index contributed by atoms with van der Waals surface area (Å²) < 4.78 is 21.9. The average Bonchev–Trinajstić information content (AvgIpc) is 2.88. The Kier molecular flexibility index (Phi) is 16.1. The van der Waals surface area contributed by atoms with Crippen LogP contribution in [0.15, 0.2) is 23.3 Å². The topological polar surface area (TPSA) is 88.1 Å². The molecule has 0 aromatic carbocycles. The van der Waals surface area contributed by atoms with Crippen molar-refractivity contribution in [3.63, 3.8) is 0 Å². The maximum absolute atomic E-state index is 13.4. The van der Waals surface area contributed by atoms with Gasteiger partial charge in [-0.05, 0) is 90.6 Å². The molecule has 0 N–H and O–H groups in total. The summed E-state index contributed by atoms with van der Waals surface area (Å²) in [4.78, 5) is 39.8. The van der Waals surface area contributed by atoms with Crippen molar-refractivity contribution in [3.8, 4) is 0 Å². The second-order valence-electron chi connectivity index (χ2n) is 13.0. The maximum atomic E-state index is 13.4. The first kappa shape index (κ1) is 37.0. The Morgan fingerprint density at radius 1 is 0.902 bits per heavy atom. The highest BCUT2D eigenvalue weighted by Gasteiger charge is 2.43. The molecule has 7 heteroatoms. The molecular formula is C34H58O7. The van der Waals surface area contributed by atoms with Gasteiger partial charge < -0.3 is 18.9 Å². The minimum atomic E-state index is -0.681. The number of rotatable bonds is 19. The van der Waals surface area contributed by atoms with Crippen molar-refractivity contribution in [2.24, 2.45) is 23.7 Å². The predicted octanol–water partition coefficient (Wildman–Crippen LogP) is 7.41. The van der Waals surface area contributed by atoms with E-state index in [1.165, 1.54) is 0 Å². The Labute approximate surface area is 249 Å². The van der Waals surface area contributed by atoms with Crippen LogP contribution in [-0.4, -0.2) is 56.4 Å².